The minimum Gasteiger partial charge on any atom is -0.507 e. The van der Waals surface area contributed by atoms with E-state index in [9.17, 15) is 64.5 Å². The zero-order chi connectivity index (χ0) is 50.2. The van der Waals surface area contributed by atoms with Gasteiger partial charge in [-0.3, -0.25) is 71.1 Å². The minimum atomic E-state index is -2.28. The Bertz CT molecular complexity index is 2360. The van der Waals surface area contributed by atoms with Crippen molar-refractivity contribution >= 4 is 75.7 Å². The summed E-state index contributed by atoms with van der Waals surface area (Å²) in [7, 11) is 1.29. The van der Waals surface area contributed by atoms with Crippen LogP contribution in [0.5, 0.6) is 17.2 Å². The number of phenols is 2. The predicted molar refractivity (Wildman–Crippen MR) is 241 cm³/mol. The van der Waals surface area contributed by atoms with Gasteiger partial charge in [-0.05, 0) is 37.4 Å². The summed E-state index contributed by atoms with van der Waals surface area (Å²) in [6.07, 6.45) is -5.82. The molecule has 1 aliphatic heterocycles. The lowest BCUT2D eigenvalue weighted by molar-refractivity contribution is -0.245. The molecule has 17 N–H and O–H groups in total. The number of hydrazone groups is 1. The van der Waals surface area contributed by atoms with Crippen LogP contribution in [0, 0.1) is 0 Å². The van der Waals surface area contributed by atoms with Gasteiger partial charge in [0, 0.05) is 55.1 Å². The summed E-state index contributed by atoms with van der Waals surface area (Å²) in [6, 6.07) is 3.41. The van der Waals surface area contributed by atoms with E-state index in [4.69, 9.17) is 50.2 Å². The summed E-state index contributed by atoms with van der Waals surface area (Å²) in [5, 5.41) is 79.3. The highest BCUT2D eigenvalue weighted by Gasteiger charge is 2.49. The molecule has 27 nitrogen and oxygen atoms in total. The van der Waals surface area contributed by atoms with Crippen molar-refractivity contribution in [3.63, 3.8) is 0 Å². The van der Waals surface area contributed by atoms with Crippen molar-refractivity contribution in [1.82, 2.24) is 42.4 Å². The van der Waals surface area contributed by atoms with E-state index in [-0.39, 0.29) is 52.6 Å². The number of carbonyl (C=O) groups is 6. The van der Waals surface area contributed by atoms with E-state index in [1.807, 2.05) is 0 Å². The first kappa shape index (κ1) is 52.7. The number of hydrogen-bond acceptors (Lipinski definition) is 21. The van der Waals surface area contributed by atoms with Crippen LogP contribution in [-0.4, -0.2) is 180 Å². The largest absolute Gasteiger partial charge is 0.507 e. The number of benzene rings is 2. The van der Waals surface area contributed by atoms with E-state index in [2.05, 4.69) is 37.7 Å². The topological polar surface area (TPSA) is 415 Å². The number of amides is 2. The molecule has 2 aromatic carbocycles. The second-order valence-corrected chi connectivity index (χ2v) is 16.6. The molecular weight excluding hydrogens is 943 g/mol. The van der Waals surface area contributed by atoms with Crippen molar-refractivity contribution < 1.29 is 78.7 Å². The van der Waals surface area contributed by atoms with E-state index < -0.39 is 151 Å². The van der Waals surface area contributed by atoms with E-state index in [1.165, 1.54) is 32.2 Å². The Balaban J connectivity index is 1.34. The molecule has 29 heteroatoms. The molecule has 2 aromatic rings. The van der Waals surface area contributed by atoms with Crippen LogP contribution < -0.4 is 48.9 Å². The number of hydrogen-bond donors (Lipinski definition) is 15. The van der Waals surface area contributed by atoms with Crippen molar-refractivity contribution in [3.8, 4) is 17.2 Å². The highest BCUT2D eigenvalue weighted by molar-refractivity contribution is 7.80. The SMILES string of the molecule is COc1cccc2c1C(=O)c1c(O)c3c(c(O)c1C2=O)C[C@@](O)(/C(CO)=N/NC(=S)NNC(=O)CN(CCN(CC(=O)O)CC(=O)NNC(=S)NN)CC(=O)O)C[C@@H]3O[C@H]1C[C@H](N)[C@H](O)[C@H](C)O1. The number of hydrazine groups is 3. The number of nitrogens with two attached hydrogens (primary N) is 2. The Morgan fingerprint density at radius 1 is 0.912 bits per heavy atom. The van der Waals surface area contributed by atoms with E-state index >= 15 is 0 Å². The van der Waals surface area contributed by atoms with Crippen molar-refractivity contribution in [2.75, 3.05) is 53.0 Å². The minimum absolute atomic E-state index is 0.0320. The summed E-state index contributed by atoms with van der Waals surface area (Å²) in [5.74, 6) is -2.26. The molecule has 0 aromatic heterocycles. The second-order valence-electron chi connectivity index (χ2n) is 15.8. The number of aliphatic hydroxyl groups is 3. The average molecular weight is 994 g/mol. The zero-order valence-corrected chi connectivity index (χ0v) is 37.9. The molecule has 1 fully saturated rings. The number of fused-ring (bicyclic) bond motifs is 3. The van der Waals surface area contributed by atoms with Crippen molar-refractivity contribution in [2.24, 2.45) is 16.7 Å². The molecule has 6 atom stereocenters. The van der Waals surface area contributed by atoms with Crippen LogP contribution in [0.15, 0.2) is 23.3 Å². The first-order chi connectivity index (χ1) is 32.1. The molecule has 1 saturated heterocycles. The average Bonchev–Trinajstić information content (AvgIpc) is 3.27. The molecule has 5 rings (SSSR count). The molecule has 0 saturated carbocycles. The summed E-state index contributed by atoms with van der Waals surface area (Å²) >= 11 is 9.96. The third kappa shape index (κ3) is 12.3. The number of carboxylic acid groups (broad SMARTS) is 2. The number of carboxylic acids is 2. The fraction of sp³-hybridized carbons (Fsp3) is 0.462. The van der Waals surface area contributed by atoms with Crippen LogP contribution in [0.1, 0.15) is 68.8 Å². The first-order valence-electron chi connectivity index (χ1n) is 20.4. The highest BCUT2D eigenvalue weighted by atomic mass is 32.1. The number of rotatable bonds is 17. The van der Waals surface area contributed by atoms with Crippen LogP contribution >= 0.6 is 24.4 Å². The molecule has 68 heavy (non-hydrogen) atoms. The lowest BCUT2D eigenvalue weighted by Crippen LogP contribution is -2.53. The summed E-state index contributed by atoms with van der Waals surface area (Å²) in [6.45, 7) is -2.20. The number of carbonyl (C=O) groups excluding carboxylic acids is 4. The number of aliphatic hydroxyl groups excluding tert-OH is 2. The molecule has 2 amide bonds. The number of nitrogens with one attached hydrogen (secondary N) is 6. The molecule has 1 heterocycles. The van der Waals surface area contributed by atoms with Crippen LogP contribution in [0.25, 0.3) is 0 Å². The summed E-state index contributed by atoms with van der Waals surface area (Å²) in [4.78, 5) is 78.6. The van der Waals surface area contributed by atoms with Crippen LogP contribution in [0.2, 0.25) is 0 Å². The van der Waals surface area contributed by atoms with Gasteiger partial charge in [0.2, 0.25) is 10.9 Å². The molecule has 0 radical (unpaired) electrons. The third-order valence-corrected chi connectivity index (χ3v) is 11.5. The summed E-state index contributed by atoms with van der Waals surface area (Å²) < 4.78 is 17.4. The zero-order valence-electron chi connectivity index (χ0n) is 36.3. The van der Waals surface area contributed by atoms with Gasteiger partial charge in [0.25, 0.3) is 11.8 Å². The second kappa shape index (κ2) is 22.7. The van der Waals surface area contributed by atoms with E-state index in [0.717, 1.165) is 9.80 Å². The maximum absolute atomic E-state index is 14.1. The van der Waals surface area contributed by atoms with Gasteiger partial charge in [-0.2, -0.15) is 5.10 Å². The van der Waals surface area contributed by atoms with Gasteiger partial charge in [-0.15, -0.1) is 0 Å². The number of thiocarbonyl (C=S) groups is 2. The van der Waals surface area contributed by atoms with Gasteiger partial charge >= 0.3 is 11.9 Å². The lowest BCUT2D eigenvalue weighted by atomic mass is 9.71. The van der Waals surface area contributed by atoms with Gasteiger partial charge < -0.3 is 55.7 Å². The monoisotopic (exact) mass is 993 g/mol. The normalized spacial score (nSPS) is 22.0. The standard InChI is InChI=1S/C39H51N11O16S2/c1-16-32(58)19(40)8-27(65-16)66-21-10-39(63,9-18-29(21)36(62)31-30(34(18)60)33(59)17-4-3-5-20(64-2)28(17)35(31)61)22(15-51)43-47-38(68)48-45-24(53)12-50(14-26(56)57)7-6-49(13-25(54)55)11-23(52)44-46-37(67)42-41/h3-5,16,19,21,27,32,51,58,60,62-63H,6-15,40-41H2,1-2H3,(H,44,52)(H,45,53)(H,54,55)(H,56,57)(H2,42,46,67)(H2,47,48,68)/b43-22+/t16-,19-,21-,27-,32+,39-/m0/s1. The maximum atomic E-state index is 14.1. The third-order valence-electron chi connectivity index (χ3n) is 11.1. The molecule has 0 unspecified atom stereocenters. The van der Waals surface area contributed by atoms with E-state index in [1.54, 1.807) is 0 Å². The van der Waals surface area contributed by atoms with Gasteiger partial charge in [0.05, 0.1) is 80.6 Å². The highest BCUT2D eigenvalue weighted by Crippen LogP contribution is 2.52. The van der Waals surface area contributed by atoms with Gasteiger partial charge in [0.1, 0.15) is 22.8 Å². The van der Waals surface area contributed by atoms with Crippen LogP contribution in [0.3, 0.4) is 0 Å². The van der Waals surface area contributed by atoms with Crippen molar-refractivity contribution in [2.45, 2.75) is 62.4 Å². The number of aromatic hydroxyl groups is 2. The molecule has 0 bridgehead atoms. The van der Waals surface area contributed by atoms with Crippen LogP contribution in [-0.2, 0) is 35.1 Å². The Kier molecular flexibility index (Phi) is 17.6. The molecule has 370 valence electrons. The van der Waals surface area contributed by atoms with Gasteiger partial charge in [-0.1, -0.05) is 12.1 Å². The smallest absolute Gasteiger partial charge is 0.317 e. The number of phenolic OH excluding ortho intramolecular Hbond substituents is 2. The number of ketones is 2. The van der Waals surface area contributed by atoms with Crippen molar-refractivity contribution in [1.29, 1.82) is 0 Å². The molecular formula is C39H51N11O16S2. The van der Waals surface area contributed by atoms with E-state index in [0.29, 0.717) is 0 Å². The maximum Gasteiger partial charge on any atom is 0.317 e. The lowest BCUT2D eigenvalue weighted by Gasteiger charge is -2.43. The Labute approximate surface area is 396 Å². The fourth-order valence-electron chi connectivity index (χ4n) is 7.91. The molecule has 0 spiro atoms. The molecule has 3 aliphatic rings. The first-order valence-corrected chi connectivity index (χ1v) is 21.2. The number of nitrogens with zero attached hydrogens (tertiary/aromatic N) is 3. The molecule has 2 aliphatic carbocycles. The summed E-state index contributed by atoms with van der Waals surface area (Å²) in [5.41, 5.74) is 15.0. The van der Waals surface area contributed by atoms with Gasteiger partial charge in [-0.25, -0.2) is 5.84 Å². The Morgan fingerprint density at radius 2 is 1.50 bits per heavy atom. The Morgan fingerprint density at radius 3 is 2.04 bits per heavy atom. The fourth-order valence-corrected chi connectivity index (χ4v) is 8.06. The predicted octanol–water partition coefficient (Wildman–Crippen LogP) is -4.57. The van der Waals surface area contributed by atoms with Crippen molar-refractivity contribution in [3.05, 3.63) is 51.6 Å². The quantitative estimate of drug-likeness (QED) is 0.0199. The number of ether oxygens (including phenoxy) is 3. The Hall–Kier alpha value is -6.25. The number of aliphatic carboxylic acids is 2. The number of methoxy groups -OCH3 is 1. The van der Waals surface area contributed by atoms with Crippen LogP contribution in [0.4, 0.5) is 0 Å². The van der Waals surface area contributed by atoms with Gasteiger partial charge in [0.15, 0.2) is 17.2 Å².